The molecule has 0 saturated heterocycles. The molecular weight excluding hydrogens is 282 g/mol. The van der Waals surface area contributed by atoms with Crippen LogP contribution in [0.1, 0.15) is 6.42 Å². The fourth-order valence-electron chi connectivity index (χ4n) is 2.02. The van der Waals surface area contributed by atoms with Gasteiger partial charge in [-0.2, -0.15) is 0 Å². The van der Waals surface area contributed by atoms with Crippen molar-refractivity contribution >= 4 is 17.5 Å². The van der Waals surface area contributed by atoms with Crippen LogP contribution >= 0.6 is 0 Å². The first-order chi connectivity index (χ1) is 9.99. The molecular formula is C14H14F2N2O3. The van der Waals surface area contributed by atoms with Crippen molar-refractivity contribution in [2.24, 2.45) is 5.92 Å². The van der Waals surface area contributed by atoms with Crippen LogP contribution in [0.4, 0.5) is 14.5 Å². The maximum absolute atomic E-state index is 13.3. The summed E-state index contributed by atoms with van der Waals surface area (Å²) in [6.45, 7) is -0.0381. The Morgan fingerprint density at radius 3 is 2.67 bits per heavy atom. The van der Waals surface area contributed by atoms with Crippen molar-refractivity contribution in [3.63, 3.8) is 0 Å². The fraction of sp³-hybridized carbons (Fsp3) is 0.286. The van der Waals surface area contributed by atoms with Crippen molar-refractivity contribution < 1.29 is 23.5 Å². The Bertz CT molecular complexity index is 590. The minimum absolute atomic E-state index is 0.0381. The van der Waals surface area contributed by atoms with E-state index in [0.29, 0.717) is 6.42 Å². The van der Waals surface area contributed by atoms with Crippen LogP contribution in [0.2, 0.25) is 0 Å². The molecule has 0 radical (unpaired) electrons. The molecule has 1 aliphatic rings. The molecule has 1 aromatic carbocycles. The Balaban J connectivity index is 1.93. The highest BCUT2D eigenvalue weighted by Gasteiger charge is 2.23. The molecule has 0 bridgehead atoms. The number of aliphatic hydroxyl groups excluding tert-OH is 1. The van der Waals surface area contributed by atoms with Crippen molar-refractivity contribution in [3.05, 3.63) is 42.0 Å². The Hall–Kier alpha value is -2.28. The molecule has 112 valence electrons. The van der Waals surface area contributed by atoms with Gasteiger partial charge < -0.3 is 15.7 Å². The lowest BCUT2D eigenvalue weighted by molar-refractivity contribution is -0.136. The second-order valence-electron chi connectivity index (χ2n) is 4.72. The van der Waals surface area contributed by atoms with Crippen LogP contribution in [-0.4, -0.2) is 29.6 Å². The van der Waals surface area contributed by atoms with E-state index in [9.17, 15) is 18.4 Å². The van der Waals surface area contributed by atoms with Gasteiger partial charge in [-0.1, -0.05) is 12.2 Å². The minimum atomic E-state index is -1.08. The standard InChI is InChI=1S/C14H14F2N2O3/c15-9-2-4-11(16)12(6-9)18-14(21)13(20)17-10-3-1-8(5-10)7-19/h1-4,6,8,10,19H,5,7H2,(H,17,20)(H,18,21)/t8-,10+/m0/s1. The molecule has 0 aliphatic heterocycles. The summed E-state index contributed by atoms with van der Waals surface area (Å²) in [5.41, 5.74) is -0.398. The van der Waals surface area contributed by atoms with Crippen molar-refractivity contribution in [2.45, 2.75) is 12.5 Å². The van der Waals surface area contributed by atoms with E-state index in [2.05, 4.69) is 5.32 Å². The quantitative estimate of drug-likeness (QED) is 0.574. The number of nitrogens with one attached hydrogen (secondary N) is 2. The number of carbonyl (C=O) groups excluding carboxylic acids is 2. The first kappa shape index (κ1) is 15.1. The van der Waals surface area contributed by atoms with Gasteiger partial charge >= 0.3 is 11.8 Å². The molecule has 5 nitrogen and oxygen atoms in total. The van der Waals surface area contributed by atoms with Gasteiger partial charge in [-0.3, -0.25) is 9.59 Å². The fourth-order valence-corrected chi connectivity index (χ4v) is 2.02. The van der Waals surface area contributed by atoms with Gasteiger partial charge in [-0.15, -0.1) is 0 Å². The normalized spacial score (nSPS) is 20.3. The maximum Gasteiger partial charge on any atom is 0.313 e. The third-order valence-corrected chi connectivity index (χ3v) is 3.11. The number of aliphatic hydroxyl groups is 1. The molecule has 2 amide bonds. The van der Waals surface area contributed by atoms with E-state index in [1.54, 1.807) is 12.2 Å². The van der Waals surface area contributed by atoms with E-state index in [-0.39, 0.29) is 18.6 Å². The molecule has 7 heteroatoms. The van der Waals surface area contributed by atoms with Crippen LogP contribution < -0.4 is 10.6 Å². The number of carbonyl (C=O) groups is 2. The summed E-state index contributed by atoms with van der Waals surface area (Å²) >= 11 is 0. The maximum atomic E-state index is 13.3. The Morgan fingerprint density at radius 1 is 1.24 bits per heavy atom. The second kappa shape index (κ2) is 6.45. The monoisotopic (exact) mass is 296 g/mol. The summed E-state index contributed by atoms with van der Waals surface area (Å²) in [6.07, 6.45) is 3.91. The first-order valence-electron chi connectivity index (χ1n) is 6.35. The molecule has 0 heterocycles. The highest BCUT2D eigenvalue weighted by molar-refractivity contribution is 6.39. The highest BCUT2D eigenvalue weighted by atomic mass is 19.1. The predicted octanol–water partition coefficient (Wildman–Crippen LogP) is 0.956. The van der Waals surface area contributed by atoms with E-state index in [1.807, 2.05) is 5.32 Å². The number of benzene rings is 1. The van der Waals surface area contributed by atoms with Crippen molar-refractivity contribution in [1.29, 1.82) is 0 Å². The van der Waals surface area contributed by atoms with Crippen LogP contribution in [0.3, 0.4) is 0 Å². The van der Waals surface area contributed by atoms with Gasteiger partial charge in [0.2, 0.25) is 0 Å². The number of hydrogen-bond acceptors (Lipinski definition) is 3. The zero-order chi connectivity index (χ0) is 15.4. The third kappa shape index (κ3) is 3.85. The largest absolute Gasteiger partial charge is 0.396 e. The summed E-state index contributed by atoms with van der Waals surface area (Å²) in [5, 5.41) is 13.4. The van der Waals surface area contributed by atoms with E-state index >= 15 is 0 Å². The molecule has 2 atom stereocenters. The van der Waals surface area contributed by atoms with E-state index in [1.165, 1.54) is 0 Å². The van der Waals surface area contributed by atoms with Crippen LogP contribution in [0, 0.1) is 17.6 Å². The number of anilines is 1. The highest BCUT2D eigenvalue weighted by Crippen LogP contribution is 2.17. The van der Waals surface area contributed by atoms with E-state index < -0.39 is 29.1 Å². The Kier molecular flexibility index (Phi) is 4.64. The van der Waals surface area contributed by atoms with Crippen LogP contribution in [-0.2, 0) is 9.59 Å². The van der Waals surface area contributed by atoms with Crippen molar-refractivity contribution in [2.75, 3.05) is 11.9 Å². The first-order valence-corrected chi connectivity index (χ1v) is 6.35. The lowest BCUT2D eigenvalue weighted by atomic mass is 10.1. The van der Waals surface area contributed by atoms with Gasteiger partial charge in [-0.05, 0) is 18.6 Å². The third-order valence-electron chi connectivity index (χ3n) is 3.11. The second-order valence-corrected chi connectivity index (χ2v) is 4.72. The summed E-state index contributed by atoms with van der Waals surface area (Å²) in [4.78, 5) is 23.3. The molecule has 1 aliphatic carbocycles. The molecule has 2 rings (SSSR count). The number of amides is 2. The average molecular weight is 296 g/mol. The SMILES string of the molecule is O=C(Nc1cc(F)ccc1F)C(=O)N[C@@H]1C=C[C@H](CO)C1. The molecule has 0 spiro atoms. The van der Waals surface area contributed by atoms with Crippen LogP contribution in [0.15, 0.2) is 30.4 Å². The topological polar surface area (TPSA) is 78.4 Å². The number of hydrogen-bond donors (Lipinski definition) is 3. The molecule has 0 aromatic heterocycles. The predicted molar refractivity (Wildman–Crippen MR) is 71.3 cm³/mol. The van der Waals surface area contributed by atoms with Crippen LogP contribution in [0.25, 0.3) is 0 Å². The van der Waals surface area contributed by atoms with Gasteiger partial charge in [0.25, 0.3) is 0 Å². The van der Waals surface area contributed by atoms with Gasteiger partial charge in [-0.25, -0.2) is 8.78 Å². The molecule has 0 fully saturated rings. The molecule has 21 heavy (non-hydrogen) atoms. The summed E-state index contributed by atoms with van der Waals surface area (Å²) in [6, 6.07) is 2.19. The number of rotatable bonds is 3. The van der Waals surface area contributed by atoms with Crippen LogP contribution in [0.5, 0.6) is 0 Å². The van der Waals surface area contributed by atoms with E-state index in [4.69, 9.17) is 5.11 Å². The lowest BCUT2D eigenvalue weighted by Gasteiger charge is -2.12. The zero-order valence-corrected chi connectivity index (χ0v) is 11.0. The van der Waals surface area contributed by atoms with Crippen molar-refractivity contribution in [3.8, 4) is 0 Å². The summed E-state index contributed by atoms with van der Waals surface area (Å²) in [7, 11) is 0. The molecule has 0 unspecified atom stereocenters. The number of halogens is 2. The van der Waals surface area contributed by atoms with Crippen molar-refractivity contribution in [1.82, 2.24) is 5.32 Å². The zero-order valence-electron chi connectivity index (χ0n) is 11.0. The van der Waals surface area contributed by atoms with Gasteiger partial charge in [0.05, 0.1) is 5.69 Å². The smallest absolute Gasteiger partial charge is 0.313 e. The van der Waals surface area contributed by atoms with Gasteiger partial charge in [0, 0.05) is 24.6 Å². The Labute approximate surface area is 119 Å². The molecule has 1 aromatic rings. The van der Waals surface area contributed by atoms with Gasteiger partial charge in [0.1, 0.15) is 11.6 Å². The average Bonchev–Trinajstić information content (AvgIpc) is 2.90. The molecule has 0 saturated carbocycles. The van der Waals surface area contributed by atoms with E-state index in [0.717, 1.165) is 18.2 Å². The summed E-state index contributed by atoms with van der Waals surface area (Å²) < 4.78 is 26.3. The minimum Gasteiger partial charge on any atom is -0.396 e. The summed E-state index contributed by atoms with van der Waals surface area (Å²) in [5.74, 6) is -3.65. The molecule has 3 N–H and O–H groups in total. The van der Waals surface area contributed by atoms with Gasteiger partial charge in [0.15, 0.2) is 0 Å². The lowest BCUT2D eigenvalue weighted by Crippen LogP contribution is -2.40. The Morgan fingerprint density at radius 2 is 2.00 bits per heavy atom.